The van der Waals surface area contributed by atoms with E-state index in [-0.39, 0.29) is 0 Å². The van der Waals surface area contributed by atoms with Crippen LogP contribution in [0.5, 0.6) is 0 Å². The summed E-state index contributed by atoms with van der Waals surface area (Å²) in [7, 11) is 0. The molecular formula is C10H19N. The molecule has 0 spiro atoms. The first-order valence-corrected chi connectivity index (χ1v) is 5.11. The van der Waals surface area contributed by atoms with E-state index < -0.39 is 0 Å². The Morgan fingerprint density at radius 1 is 1.09 bits per heavy atom. The molecule has 1 saturated carbocycles. The van der Waals surface area contributed by atoms with Crippen molar-refractivity contribution in [1.82, 2.24) is 5.32 Å². The van der Waals surface area contributed by atoms with Gasteiger partial charge in [-0.05, 0) is 44.1 Å². The van der Waals surface area contributed by atoms with Gasteiger partial charge in [-0.1, -0.05) is 13.3 Å². The van der Waals surface area contributed by atoms with Crippen LogP contribution >= 0.6 is 0 Å². The first-order chi connectivity index (χ1) is 5.38. The maximum absolute atomic E-state index is 3.67. The SMILES string of the molecule is C[C@H]1CCC[C@@H]2CCCN[C@H]21. The van der Waals surface area contributed by atoms with E-state index in [1.807, 2.05) is 0 Å². The monoisotopic (exact) mass is 153 g/mol. The van der Waals surface area contributed by atoms with E-state index in [2.05, 4.69) is 12.2 Å². The molecule has 3 atom stereocenters. The van der Waals surface area contributed by atoms with E-state index in [1.54, 1.807) is 0 Å². The summed E-state index contributed by atoms with van der Waals surface area (Å²) in [6.07, 6.45) is 7.32. The molecule has 1 aliphatic carbocycles. The average molecular weight is 153 g/mol. The highest BCUT2D eigenvalue weighted by Gasteiger charge is 2.31. The first-order valence-electron chi connectivity index (χ1n) is 5.11. The zero-order chi connectivity index (χ0) is 7.68. The van der Waals surface area contributed by atoms with Gasteiger partial charge >= 0.3 is 0 Å². The molecule has 1 aliphatic heterocycles. The predicted molar refractivity (Wildman–Crippen MR) is 47.5 cm³/mol. The minimum atomic E-state index is 0.873. The van der Waals surface area contributed by atoms with Gasteiger partial charge in [0.05, 0.1) is 0 Å². The maximum atomic E-state index is 3.67. The van der Waals surface area contributed by atoms with Gasteiger partial charge in [-0.3, -0.25) is 0 Å². The lowest BCUT2D eigenvalue weighted by molar-refractivity contribution is 0.157. The van der Waals surface area contributed by atoms with Crippen molar-refractivity contribution in [2.45, 2.75) is 45.1 Å². The van der Waals surface area contributed by atoms with Gasteiger partial charge in [0.2, 0.25) is 0 Å². The molecule has 64 valence electrons. The van der Waals surface area contributed by atoms with Crippen LogP contribution in [0.1, 0.15) is 39.0 Å². The predicted octanol–water partition coefficient (Wildman–Crippen LogP) is 2.17. The molecule has 1 heterocycles. The fraction of sp³-hybridized carbons (Fsp3) is 1.00. The zero-order valence-electron chi connectivity index (χ0n) is 7.47. The molecule has 1 nitrogen and oxygen atoms in total. The molecule has 2 fully saturated rings. The lowest BCUT2D eigenvalue weighted by atomic mass is 9.74. The van der Waals surface area contributed by atoms with Crippen molar-refractivity contribution in [2.75, 3.05) is 6.54 Å². The third-order valence-electron chi connectivity index (χ3n) is 3.49. The number of fused-ring (bicyclic) bond motifs is 1. The average Bonchev–Trinajstić information content (AvgIpc) is 2.06. The van der Waals surface area contributed by atoms with Crippen molar-refractivity contribution in [1.29, 1.82) is 0 Å². The van der Waals surface area contributed by atoms with E-state index in [0.29, 0.717) is 0 Å². The van der Waals surface area contributed by atoms with Crippen molar-refractivity contribution in [3.8, 4) is 0 Å². The Kier molecular flexibility index (Phi) is 2.17. The van der Waals surface area contributed by atoms with Gasteiger partial charge in [0.1, 0.15) is 0 Å². The molecular weight excluding hydrogens is 134 g/mol. The highest BCUT2D eigenvalue weighted by Crippen LogP contribution is 2.33. The molecule has 0 aromatic rings. The lowest BCUT2D eigenvalue weighted by Gasteiger charge is -2.40. The number of nitrogens with one attached hydrogen (secondary N) is 1. The molecule has 0 unspecified atom stereocenters. The van der Waals surface area contributed by atoms with Gasteiger partial charge in [0.15, 0.2) is 0 Å². The van der Waals surface area contributed by atoms with E-state index >= 15 is 0 Å². The number of piperidine rings is 1. The van der Waals surface area contributed by atoms with E-state index in [9.17, 15) is 0 Å². The lowest BCUT2D eigenvalue weighted by Crippen LogP contribution is -2.47. The molecule has 2 rings (SSSR count). The Morgan fingerprint density at radius 2 is 1.91 bits per heavy atom. The summed E-state index contributed by atoms with van der Waals surface area (Å²) in [5.41, 5.74) is 0. The normalized spacial score (nSPS) is 45.0. The fourth-order valence-corrected chi connectivity index (χ4v) is 2.85. The Balaban J connectivity index is 1.99. The second kappa shape index (κ2) is 3.14. The van der Waals surface area contributed by atoms with E-state index in [0.717, 1.165) is 17.9 Å². The van der Waals surface area contributed by atoms with E-state index in [4.69, 9.17) is 0 Å². The summed E-state index contributed by atoms with van der Waals surface area (Å²) < 4.78 is 0. The standard InChI is InChI=1S/C10H19N/c1-8-4-2-5-9-6-3-7-11-10(8)9/h8-11H,2-7H2,1H3/t8-,9+,10-/m0/s1. The number of hydrogen-bond donors (Lipinski definition) is 1. The van der Waals surface area contributed by atoms with Crippen LogP contribution in [0.3, 0.4) is 0 Å². The third kappa shape index (κ3) is 1.44. The minimum Gasteiger partial charge on any atom is -0.313 e. The summed E-state index contributed by atoms with van der Waals surface area (Å²) >= 11 is 0. The minimum absolute atomic E-state index is 0.873. The smallest absolute Gasteiger partial charge is 0.0121 e. The summed E-state index contributed by atoms with van der Waals surface area (Å²) in [6, 6.07) is 0.873. The second-order valence-electron chi connectivity index (χ2n) is 4.29. The Morgan fingerprint density at radius 3 is 2.73 bits per heavy atom. The highest BCUT2D eigenvalue weighted by atomic mass is 14.9. The molecule has 1 heteroatoms. The van der Waals surface area contributed by atoms with Gasteiger partial charge < -0.3 is 5.32 Å². The Labute approximate surface area is 69.6 Å². The molecule has 0 radical (unpaired) electrons. The zero-order valence-corrected chi connectivity index (χ0v) is 7.47. The van der Waals surface area contributed by atoms with Crippen molar-refractivity contribution < 1.29 is 0 Å². The van der Waals surface area contributed by atoms with Crippen LogP contribution in [0.4, 0.5) is 0 Å². The second-order valence-corrected chi connectivity index (χ2v) is 4.29. The van der Waals surface area contributed by atoms with Gasteiger partial charge in [0.25, 0.3) is 0 Å². The van der Waals surface area contributed by atoms with Crippen LogP contribution in [0.25, 0.3) is 0 Å². The molecule has 1 N–H and O–H groups in total. The third-order valence-corrected chi connectivity index (χ3v) is 3.49. The molecule has 0 aromatic carbocycles. The molecule has 1 saturated heterocycles. The van der Waals surface area contributed by atoms with Crippen LogP contribution < -0.4 is 5.32 Å². The van der Waals surface area contributed by atoms with Gasteiger partial charge in [0, 0.05) is 6.04 Å². The Hall–Kier alpha value is -0.0400. The molecule has 11 heavy (non-hydrogen) atoms. The van der Waals surface area contributed by atoms with Crippen LogP contribution in [-0.4, -0.2) is 12.6 Å². The summed E-state index contributed by atoms with van der Waals surface area (Å²) in [6.45, 7) is 3.68. The highest BCUT2D eigenvalue weighted by molar-refractivity contribution is 4.88. The van der Waals surface area contributed by atoms with Crippen LogP contribution in [0.15, 0.2) is 0 Å². The summed E-state index contributed by atoms with van der Waals surface area (Å²) in [4.78, 5) is 0. The van der Waals surface area contributed by atoms with Gasteiger partial charge in [-0.2, -0.15) is 0 Å². The van der Waals surface area contributed by atoms with Crippen molar-refractivity contribution in [2.24, 2.45) is 11.8 Å². The number of rotatable bonds is 0. The van der Waals surface area contributed by atoms with Gasteiger partial charge in [-0.15, -0.1) is 0 Å². The largest absolute Gasteiger partial charge is 0.313 e. The van der Waals surface area contributed by atoms with Crippen LogP contribution in [-0.2, 0) is 0 Å². The summed E-state index contributed by atoms with van der Waals surface area (Å²) in [5.74, 6) is 1.96. The molecule has 0 bridgehead atoms. The van der Waals surface area contributed by atoms with Crippen LogP contribution in [0, 0.1) is 11.8 Å². The summed E-state index contributed by atoms with van der Waals surface area (Å²) in [5, 5.41) is 3.67. The quantitative estimate of drug-likeness (QED) is 0.562. The molecule has 2 aliphatic rings. The van der Waals surface area contributed by atoms with Crippen molar-refractivity contribution in [3.05, 3.63) is 0 Å². The first kappa shape index (κ1) is 7.60. The molecule has 0 amide bonds. The Bertz CT molecular complexity index is 131. The maximum Gasteiger partial charge on any atom is 0.0121 e. The van der Waals surface area contributed by atoms with Gasteiger partial charge in [-0.25, -0.2) is 0 Å². The van der Waals surface area contributed by atoms with Crippen LogP contribution in [0.2, 0.25) is 0 Å². The fourth-order valence-electron chi connectivity index (χ4n) is 2.85. The topological polar surface area (TPSA) is 12.0 Å². The molecule has 0 aromatic heterocycles. The van der Waals surface area contributed by atoms with Crippen molar-refractivity contribution >= 4 is 0 Å². The van der Waals surface area contributed by atoms with E-state index in [1.165, 1.54) is 38.6 Å². The number of hydrogen-bond acceptors (Lipinski definition) is 1. The van der Waals surface area contributed by atoms with Crippen molar-refractivity contribution in [3.63, 3.8) is 0 Å².